The van der Waals surface area contributed by atoms with Crippen LogP contribution >= 0.6 is 0 Å². The molecule has 0 bridgehead atoms. The maximum atomic E-state index is 5.13. The predicted octanol–water partition coefficient (Wildman–Crippen LogP) is 2.57. The van der Waals surface area contributed by atoms with E-state index in [0.29, 0.717) is 5.41 Å². The lowest BCUT2D eigenvalue weighted by atomic mass is 9.70. The zero-order valence-corrected chi connectivity index (χ0v) is 9.89. The van der Waals surface area contributed by atoms with Crippen LogP contribution < -0.4 is 5.32 Å². The number of hydrogen-bond donors (Lipinski definition) is 1. The van der Waals surface area contributed by atoms with E-state index in [0.717, 1.165) is 24.5 Å². The lowest BCUT2D eigenvalue weighted by Crippen LogP contribution is -2.37. The van der Waals surface area contributed by atoms with Crippen LogP contribution in [0.2, 0.25) is 0 Å². The fourth-order valence-corrected chi connectivity index (χ4v) is 2.20. The van der Waals surface area contributed by atoms with Gasteiger partial charge in [-0.2, -0.15) is 0 Å². The minimum Gasteiger partial charge on any atom is -0.361 e. The standard InChI is InChI=1S/C12H20N2O/c1-9-11(10(2)15-14-9)7-13-8-12(3)5-4-6-12/h13H,4-8H2,1-3H3. The molecule has 1 saturated carbocycles. The van der Waals surface area contributed by atoms with Gasteiger partial charge in [0, 0.05) is 18.7 Å². The van der Waals surface area contributed by atoms with Crippen molar-refractivity contribution in [2.24, 2.45) is 5.41 Å². The van der Waals surface area contributed by atoms with Crippen LogP contribution in [0.25, 0.3) is 0 Å². The zero-order chi connectivity index (χ0) is 10.9. The highest BCUT2D eigenvalue weighted by molar-refractivity contribution is 5.20. The molecule has 1 heterocycles. The molecule has 0 unspecified atom stereocenters. The van der Waals surface area contributed by atoms with Gasteiger partial charge in [0.15, 0.2) is 0 Å². The van der Waals surface area contributed by atoms with Crippen LogP contribution in [0.15, 0.2) is 4.52 Å². The van der Waals surface area contributed by atoms with Crippen LogP contribution in [0.1, 0.15) is 43.2 Å². The van der Waals surface area contributed by atoms with Crippen LogP contribution in [0.5, 0.6) is 0 Å². The lowest BCUT2D eigenvalue weighted by Gasteiger charge is -2.38. The second kappa shape index (κ2) is 3.97. The summed E-state index contributed by atoms with van der Waals surface area (Å²) in [4.78, 5) is 0. The van der Waals surface area contributed by atoms with Crippen molar-refractivity contribution in [2.75, 3.05) is 6.54 Å². The van der Waals surface area contributed by atoms with E-state index in [1.54, 1.807) is 0 Å². The quantitative estimate of drug-likeness (QED) is 0.826. The Morgan fingerprint density at radius 2 is 2.13 bits per heavy atom. The van der Waals surface area contributed by atoms with Crippen molar-refractivity contribution < 1.29 is 4.52 Å². The average molecular weight is 208 g/mol. The predicted molar refractivity (Wildman–Crippen MR) is 59.6 cm³/mol. The number of aryl methyl sites for hydroxylation is 2. The van der Waals surface area contributed by atoms with Gasteiger partial charge in [0.05, 0.1) is 5.69 Å². The maximum Gasteiger partial charge on any atom is 0.138 e. The highest BCUT2D eigenvalue weighted by Crippen LogP contribution is 2.39. The molecule has 0 atom stereocenters. The molecule has 1 aliphatic rings. The third-order valence-electron chi connectivity index (χ3n) is 3.60. The molecule has 0 radical (unpaired) electrons. The Morgan fingerprint density at radius 3 is 2.60 bits per heavy atom. The number of nitrogens with one attached hydrogen (secondary N) is 1. The normalized spacial score (nSPS) is 18.9. The molecule has 1 aromatic rings. The van der Waals surface area contributed by atoms with E-state index in [2.05, 4.69) is 17.4 Å². The van der Waals surface area contributed by atoms with Crippen molar-refractivity contribution in [1.29, 1.82) is 0 Å². The smallest absolute Gasteiger partial charge is 0.138 e. The van der Waals surface area contributed by atoms with Crippen LogP contribution in [0.4, 0.5) is 0 Å². The monoisotopic (exact) mass is 208 g/mol. The van der Waals surface area contributed by atoms with Gasteiger partial charge in [0.2, 0.25) is 0 Å². The van der Waals surface area contributed by atoms with Crippen molar-refractivity contribution in [3.05, 3.63) is 17.0 Å². The van der Waals surface area contributed by atoms with Crippen LogP contribution in [-0.4, -0.2) is 11.7 Å². The molecule has 3 heteroatoms. The molecular formula is C12H20N2O. The van der Waals surface area contributed by atoms with Gasteiger partial charge in [-0.3, -0.25) is 0 Å². The molecule has 0 spiro atoms. The molecule has 3 nitrogen and oxygen atoms in total. The van der Waals surface area contributed by atoms with E-state index in [1.165, 1.54) is 24.8 Å². The average Bonchev–Trinajstić information content (AvgIpc) is 2.46. The molecule has 0 aromatic carbocycles. The highest BCUT2D eigenvalue weighted by atomic mass is 16.5. The largest absolute Gasteiger partial charge is 0.361 e. The van der Waals surface area contributed by atoms with Crippen LogP contribution in [-0.2, 0) is 6.54 Å². The highest BCUT2D eigenvalue weighted by Gasteiger charge is 2.31. The molecule has 2 rings (SSSR count). The van der Waals surface area contributed by atoms with Gasteiger partial charge < -0.3 is 9.84 Å². The van der Waals surface area contributed by atoms with E-state index < -0.39 is 0 Å². The van der Waals surface area contributed by atoms with E-state index >= 15 is 0 Å². The minimum absolute atomic E-state index is 0.541. The zero-order valence-electron chi connectivity index (χ0n) is 9.89. The number of nitrogens with zero attached hydrogens (tertiary/aromatic N) is 1. The first-order valence-corrected chi connectivity index (χ1v) is 5.73. The first kappa shape index (κ1) is 10.7. The summed E-state index contributed by atoms with van der Waals surface area (Å²) in [5.41, 5.74) is 2.77. The van der Waals surface area contributed by atoms with Crippen LogP contribution in [0.3, 0.4) is 0 Å². The van der Waals surface area contributed by atoms with Gasteiger partial charge in [-0.25, -0.2) is 0 Å². The first-order chi connectivity index (χ1) is 7.11. The third-order valence-corrected chi connectivity index (χ3v) is 3.60. The summed E-state index contributed by atoms with van der Waals surface area (Å²) in [6.45, 7) is 8.32. The molecular weight excluding hydrogens is 188 g/mol. The third kappa shape index (κ3) is 2.23. The molecule has 1 N–H and O–H groups in total. The van der Waals surface area contributed by atoms with E-state index in [4.69, 9.17) is 4.52 Å². The molecule has 0 aliphatic heterocycles. The Hall–Kier alpha value is -0.830. The summed E-state index contributed by atoms with van der Waals surface area (Å²) in [6, 6.07) is 0. The lowest BCUT2D eigenvalue weighted by molar-refractivity contribution is 0.156. The number of hydrogen-bond acceptors (Lipinski definition) is 3. The van der Waals surface area contributed by atoms with Crippen molar-refractivity contribution in [3.63, 3.8) is 0 Å². The molecule has 1 aliphatic carbocycles. The summed E-state index contributed by atoms with van der Waals surface area (Å²) in [5, 5.41) is 7.46. The topological polar surface area (TPSA) is 38.1 Å². The Labute approximate surface area is 91.2 Å². The molecule has 1 aromatic heterocycles. The number of aromatic nitrogens is 1. The molecule has 84 valence electrons. The van der Waals surface area contributed by atoms with Gasteiger partial charge in [0.25, 0.3) is 0 Å². The molecule has 0 saturated heterocycles. The molecule has 1 fully saturated rings. The fourth-order valence-electron chi connectivity index (χ4n) is 2.20. The second-order valence-corrected chi connectivity index (χ2v) is 5.07. The molecule has 15 heavy (non-hydrogen) atoms. The first-order valence-electron chi connectivity index (χ1n) is 5.73. The fraction of sp³-hybridized carbons (Fsp3) is 0.750. The summed E-state index contributed by atoms with van der Waals surface area (Å²) < 4.78 is 5.13. The van der Waals surface area contributed by atoms with Crippen molar-refractivity contribution in [2.45, 2.75) is 46.6 Å². The van der Waals surface area contributed by atoms with Gasteiger partial charge in [0.1, 0.15) is 5.76 Å². The van der Waals surface area contributed by atoms with Crippen molar-refractivity contribution >= 4 is 0 Å². The molecule has 0 amide bonds. The Balaban J connectivity index is 1.83. The van der Waals surface area contributed by atoms with Crippen molar-refractivity contribution in [3.8, 4) is 0 Å². The number of rotatable bonds is 4. The van der Waals surface area contributed by atoms with E-state index in [-0.39, 0.29) is 0 Å². The Kier molecular flexibility index (Phi) is 2.83. The second-order valence-electron chi connectivity index (χ2n) is 5.07. The Morgan fingerprint density at radius 1 is 1.40 bits per heavy atom. The van der Waals surface area contributed by atoms with Gasteiger partial charge in [-0.05, 0) is 32.1 Å². The van der Waals surface area contributed by atoms with Crippen molar-refractivity contribution in [1.82, 2.24) is 10.5 Å². The van der Waals surface area contributed by atoms with Gasteiger partial charge in [-0.1, -0.05) is 18.5 Å². The van der Waals surface area contributed by atoms with Crippen LogP contribution in [0, 0.1) is 19.3 Å². The maximum absolute atomic E-state index is 5.13. The van der Waals surface area contributed by atoms with Gasteiger partial charge in [-0.15, -0.1) is 0 Å². The Bertz CT molecular complexity index is 320. The summed E-state index contributed by atoms with van der Waals surface area (Å²) in [6.07, 6.45) is 4.12. The van der Waals surface area contributed by atoms with E-state index in [9.17, 15) is 0 Å². The van der Waals surface area contributed by atoms with E-state index in [1.807, 2.05) is 13.8 Å². The summed E-state index contributed by atoms with van der Waals surface area (Å²) in [7, 11) is 0. The van der Waals surface area contributed by atoms with Gasteiger partial charge >= 0.3 is 0 Å². The summed E-state index contributed by atoms with van der Waals surface area (Å²) >= 11 is 0. The minimum atomic E-state index is 0.541. The summed E-state index contributed by atoms with van der Waals surface area (Å²) in [5.74, 6) is 0.943. The SMILES string of the molecule is Cc1noc(C)c1CNCC1(C)CCC1.